The van der Waals surface area contributed by atoms with Crippen LogP contribution in [0.2, 0.25) is 0 Å². The molecule has 0 spiro atoms. The number of likely N-dealkylation sites (tertiary alicyclic amines) is 1. The van der Waals surface area contributed by atoms with Crippen LogP contribution in [0.1, 0.15) is 12.8 Å². The molecule has 0 unspecified atom stereocenters. The van der Waals surface area contributed by atoms with Crippen molar-refractivity contribution >= 4 is 22.7 Å². The predicted molar refractivity (Wildman–Crippen MR) is 86.2 cm³/mol. The molecule has 1 aromatic heterocycles. The smallest absolute Gasteiger partial charge is 0.307 e. The van der Waals surface area contributed by atoms with Gasteiger partial charge in [0.15, 0.2) is 0 Å². The lowest BCUT2D eigenvalue weighted by molar-refractivity contribution is 0.282. The molecular weight excluding hydrogens is 286 g/mol. The van der Waals surface area contributed by atoms with Crippen LogP contribution in [0.25, 0.3) is 10.9 Å². The van der Waals surface area contributed by atoms with E-state index in [-0.39, 0.29) is 11.2 Å². The highest BCUT2D eigenvalue weighted by Gasteiger charge is 2.18. The van der Waals surface area contributed by atoms with Crippen molar-refractivity contribution in [3.63, 3.8) is 0 Å². The first-order chi connectivity index (χ1) is 10.0. The number of hydrogen-bond donors (Lipinski definition) is 1. The van der Waals surface area contributed by atoms with Gasteiger partial charge in [-0.1, -0.05) is 0 Å². The summed E-state index contributed by atoms with van der Waals surface area (Å²) in [6.45, 7) is 2.25. The minimum atomic E-state index is -0.372. The summed E-state index contributed by atoms with van der Waals surface area (Å²) in [4.78, 5) is 29.9. The molecule has 1 fully saturated rings. The molecule has 0 aliphatic carbocycles. The van der Waals surface area contributed by atoms with Gasteiger partial charge in [-0.25, -0.2) is 4.79 Å². The Hall–Kier alpha value is -1.53. The monoisotopic (exact) mass is 305 g/mol. The number of thioether (sulfide) groups is 1. The number of nitrogens with one attached hydrogen (secondary N) is 1. The van der Waals surface area contributed by atoms with Gasteiger partial charge in [0.2, 0.25) is 0 Å². The van der Waals surface area contributed by atoms with Crippen molar-refractivity contribution in [3.05, 3.63) is 39.0 Å². The summed E-state index contributed by atoms with van der Waals surface area (Å²) in [6, 6.07) is 5.71. The quantitative estimate of drug-likeness (QED) is 0.911. The minimum Gasteiger partial charge on any atom is -0.307 e. The molecule has 1 aliphatic heterocycles. The van der Waals surface area contributed by atoms with Gasteiger partial charge in [-0.3, -0.25) is 9.36 Å². The van der Waals surface area contributed by atoms with Crippen LogP contribution in [0.3, 0.4) is 0 Å². The number of piperidine rings is 1. The molecule has 0 radical (unpaired) electrons. The van der Waals surface area contributed by atoms with E-state index < -0.39 is 0 Å². The Kier molecular flexibility index (Phi) is 3.91. The molecule has 1 saturated heterocycles. The van der Waals surface area contributed by atoms with Crippen molar-refractivity contribution in [2.45, 2.75) is 23.0 Å². The van der Waals surface area contributed by atoms with E-state index in [9.17, 15) is 9.59 Å². The number of hydrogen-bond acceptors (Lipinski definition) is 4. The Labute approximate surface area is 127 Å². The standard InChI is InChI=1S/C15H19N3O2S/c1-17-7-5-10(6-8-17)21-11-3-4-13-12(9-11)14(19)18(2)15(20)16-13/h3-4,9-10H,5-8H2,1-2H3,(H,16,20). The maximum atomic E-state index is 12.2. The zero-order valence-electron chi connectivity index (χ0n) is 12.3. The summed E-state index contributed by atoms with van der Waals surface area (Å²) >= 11 is 1.83. The highest BCUT2D eigenvalue weighted by atomic mass is 32.2. The molecule has 112 valence electrons. The minimum absolute atomic E-state index is 0.237. The second-order valence-corrected chi connectivity index (χ2v) is 7.00. The van der Waals surface area contributed by atoms with Gasteiger partial charge in [-0.15, -0.1) is 11.8 Å². The Bertz CT molecular complexity index is 773. The third-order valence-electron chi connectivity index (χ3n) is 4.04. The molecule has 1 aliphatic rings. The number of fused-ring (bicyclic) bond motifs is 1. The van der Waals surface area contributed by atoms with Crippen molar-refractivity contribution in [2.24, 2.45) is 7.05 Å². The van der Waals surface area contributed by atoms with Crippen molar-refractivity contribution in [1.29, 1.82) is 0 Å². The fourth-order valence-corrected chi connectivity index (χ4v) is 3.81. The van der Waals surface area contributed by atoms with Gasteiger partial charge in [0.1, 0.15) is 0 Å². The predicted octanol–water partition coefficient (Wildman–Crippen LogP) is 1.41. The molecule has 0 amide bonds. The second kappa shape index (κ2) is 5.69. The molecule has 2 aromatic rings. The lowest BCUT2D eigenvalue weighted by Crippen LogP contribution is -2.32. The topological polar surface area (TPSA) is 58.1 Å². The van der Waals surface area contributed by atoms with Gasteiger partial charge >= 0.3 is 5.69 Å². The molecule has 1 aromatic carbocycles. The Morgan fingerprint density at radius 2 is 1.90 bits per heavy atom. The van der Waals surface area contributed by atoms with E-state index in [4.69, 9.17) is 0 Å². The van der Waals surface area contributed by atoms with Crippen LogP contribution < -0.4 is 11.2 Å². The number of H-pyrrole nitrogens is 1. The van der Waals surface area contributed by atoms with Gasteiger partial charge in [-0.05, 0) is 51.2 Å². The Morgan fingerprint density at radius 3 is 2.62 bits per heavy atom. The fraction of sp³-hybridized carbons (Fsp3) is 0.467. The van der Waals surface area contributed by atoms with Crippen LogP contribution in [0.4, 0.5) is 0 Å². The highest BCUT2D eigenvalue weighted by molar-refractivity contribution is 8.00. The van der Waals surface area contributed by atoms with Crippen LogP contribution in [-0.2, 0) is 7.05 Å². The third-order valence-corrected chi connectivity index (χ3v) is 5.37. The van der Waals surface area contributed by atoms with Gasteiger partial charge in [0, 0.05) is 17.2 Å². The van der Waals surface area contributed by atoms with Gasteiger partial charge in [0.25, 0.3) is 5.56 Å². The maximum absolute atomic E-state index is 12.2. The zero-order valence-corrected chi connectivity index (χ0v) is 13.1. The Balaban J connectivity index is 1.91. The van der Waals surface area contributed by atoms with E-state index in [1.54, 1.807) is 0 Å². The zero-order chi connectivity index (χ0) is 15.0. The molecular formula is C15H19N3O2S. The molecule has 6 heteroatoms. The lowest BCUT2D eigenvalue weighted by Gasteiger charge is -2.28. The number of nitrogens with zero attached hydrogens (tertiary/aromatic N) is 2. The van der Waals surface area contributed by atoms with E-state index in [1.807, 2.05) is 30.0 Å². The molecule has 5 nitrogen and oxygen atoms in total. The van der Waals surface area contributed by atoms with Crippen LogP contribution in [0.15, 0.2) is 32.7 Å². The highest BCUT2D eigenvalue weighted by Crippen LogP contribution is 2.30. The summed E-state index contributed by atoms with van der Waals surface area (Å²) in [5, 5.41) is 1.18. The average Bonchev–Trinajstić information content (AvgIpc) is 2.48. The lowest BCUT2D eigenvalue weighted by atomic mass is 10.1. The number of aromatic amines is 1. The summed E-state index contributed by atoms with van der Waals surface area (Å²) in [6.07, 6.45) is 2.34. The summed E-state index contributed by atoms with van der Waals surface area (Å²) in [5.74, 6) is 0. The molecule has 2 heterocycles. The van der Waals surface area contributed by atoms with E-state index >= 15 is 0 Å². The maximum Gasteiger partial charge on any atom is 0.328 e. The van der Waals surface area contributed by atoms with E-state index in [0.717, 1.165) is 22.6 Å². The fourth-order valence-electron chi connectivity index (χ4n) is 2.65. The molecule has 3 rings (SSSR count). The summed E-state index contributed by atoms with van der Waals surface area (Å²) in [5.41, 5.74) is -0.00127. The van der Waals surface area contributed by atoms with Gasteiger partial charge < -0.3 is 9.88 Å². The van der Waals surface area contributed by atoms with Crippen molar-refractivity contribution in [1.82, 2.24) is 14.5 Å². The SMILES string of the molecule is CN1CCC(Sc2ccc3[nH]c(=O)n(C)c(=O)c3c2)CC1. The average molecular weight is 305 g/mol. The molecule has 0 saturated carbocycles. The normalized spacial score (nSPS) is 17.4. The molecule has 0 bridgehead atoms. The van der Waals surface area contributed by atoms with Crippen molar-refractivity contribution in [2.75, 3.05) is 20.1 Å². The van der Waals surface area contributed by atoms with Crippen molar-refractivity contribution < 1.29 is 0 Å². The van der Waals surface area contributed by atoms with Crippen molar-refractivity contribution in [3.8, 4) is 0 Å². The summed E-state index contributed by atoms with van der Waals surface area (Å²) in [7, 11) is 3.65. The largest absolute Gasteiger partial charge is 0.328 e. The number of rotatable bonds is 2. The summed E-state index contributed by atoms with van der Waals surface area (Å²) < 4.78 is 1.12. The van der Waals surface area contributed by atoms with Crippen LogP contribution in [-0.4, -0.2) is 39.8 Å². The first-order valence-electron chi connectivity index (χ1n) is 7.13. The molecule has 0 atom stereocenters. The van der Waals surface area contributed by atoms with Crippen LogP contribution in [0, 0.1) is 0 Å². The molecule has 21 heavy (non-hydrogen) atoms. The second-order valence-electron chi connectivity index (χ2n) is 5.62. The van der Waals surface area contributed by atoms with Gasteiger partial charge in [-0.2, -0.15) is 0 Å². The van der Waals surface area contributed by atoms with E-state index in [2.05, 4.69) is 16.9 Å². The Morgan fingerprint density at radius 1 is 1.19 bits per heavy atom. The van der Waals surface area contributed by atoms with Crippen LogP contribution in [0.5, 0.6) is 0 Å². The first kappa shape index (κ1) is 14.4. The van der Waals surface area contributed by atoms with Gasteiger partial charge in [0.05, 0.1) is 10.9 Å². The molecule has 1 N–H and O–H groups in total. The van der Waals surface area contributed by atoms with E-state index in [1.165, 1.54) is 19.9 Å². The third kappa shape index (κ3) is 2.91. The van der Waals surface area contributed by atoms with E-state index in [0.29, 0.717) is 16.2 Å². The van der Waals surface area contributed by atoms with Crippen LogP contribution >= 0.6 is 11.8 Å². The first-order valence-corrected chi connectivity index (χ1v) is 8.01. The number of benzene rings is 1. The number of aromatic nitrogens is 2.